The number of hydrogen-bond donors (Lipinski definition) is 1. The van der Waals surface area contributed by atoms with E-state index in [1.54, 1.807) is 0 Å². The Morgan fingerprint density at radius 2 is 2.21 bits per heavy atom. The quantitative estimate of drug-likeness (QED) is 0.890. The Morgan fingerprint density at radius 1 is 1.32 bits per heavy atom. The lowest BCUT2D eigenvalue weighted by atomic mass is 9.74. The number of hydrogen-bond acceptors (Lipinski definition) is 3. The Kier molecular flexibility index (Phi) is 2.38. The van der Waals surface area contributed by atoms with Gasteiger partial charge >= 0.3 is 0 Å². The molecule has 19 heavy (non-hydrogen) atoms. The summed E-state index contributed by atoms with van der Waals surface area (Å²) < 4.78 is 5.91. The highest BCUT2D eigenvalue weighted by Crippen LogP contribution is 2.41. The maximum Gasteiger partial charge on any atom is 0.122 e. The van der Waals surface area contributed by atoms with Gasteiger partial charge in [0.15, 0.2) is 0 Å². The number of para-hydroxylation sites is 1. The van der Waals surface area contributed by atoms with Crippen molar-refractivity contribution in [3.8, 4) is 5.75 Å². The fourth-order valence-electron chi connectivity index (χ4n) is 3.29. The Morgan fingerprint density at radius 3 is 3.05 bits per heavy atom. The number of nitrogens with one attached hydrogen (secondary N) is 1. The molecule has 1 aromatic carbocycles. The standard InChI is InChI=1S/C15H17N3O/c1-2-4-13-12(3-1)7-15(11-19-13)9-18(10-15)8-14-16-5-6-17-14/h1-6H,7-11H2,(H,16,17). The SMILES string of the molecule is c1ccc2c(c1)CC1(CO2)CN(Cc2ncc[nH]2)C1. The lowest BCUT2D eigenvalue weighted by Crippen LogP contribution is -2.60. The van der Waals surface area contributed by atoms with E-state index < -0.39 is 0 Å². The molecular formula is C15H17N3O. The topological polar surface area (TPSA) is 41.1 Å². The minimum atomic E-state index is 0.320. The van der Waals surface area contributed by atoms with Gasteiger partial charge in [-0.25, -0.2) is 4.98 Å². The highest BCUT2D eigenvalue weighted by atomic mass is 16.5. The number of imidazole rings is 1. The van der Waals surface area contributed by atoms with Gasteiger partial charge in [-0.1, -0.05) is 18.2 Å². The normalized spacial score (nSPS) is 20.6. The molecule has 1 aromatic heterocycles. The van der Waals surface area contributed by atoms with Crippen molar-refractivity contribution in [3.63, 3.8) is 0 Å². The summed E-state index contributed by atoms with van der Waals surface area (Å²) in [5, 5.41) is 0. The summed E-state index contributed by atoms with van der Waals surface area (Å²) in [5.41, 5.74) is 1.67. The summed E-state index contributed by atoms with van der Waals surface area (Å²) in [5.74, 6) is 2.12. The second-order valence-electron chi connectivity index (χ2n) is 5.75. The Labute approximate surface area is 112 Å². The first-order chi connectivity index (χ1) is 9.33. The molecule has 0 radical (unpaired) electrons. The smallest absolute Gasteiger partial charge is 0.122 e. The van der Waals surface area contributed by atoms with Crippen LogP contribution in [0.3, 0.4) is 0 Å². The van der Waals surface area contributed by atoms with E-state index in [1.165, 1.54) is 5.56 Å². The molecule has 0 bridgehead atoms. The first-order valence-electron chi connectivity index (χ1n) is 6.74. The van der Waals surface area contributed by atoms with E-state index in [9.17, 15) is 0 Å². The molecule has 4 heteroatoms. The van der Waals surface area contributed by atoms with Crippen LogP contribution >= 0.6 is 0 Å². The van der Waals surface area contributed by atoms with E-state index in [1.807, 2.05) is 18.5 Å². The van der Waals surface area contributed by atoms with Gasteiger partial charge in [0.1, 0.15) is 11.6 Å². The highest BCUT2D eigenvalue weighted by Gasteiger charge is 2.46. The number of fused-ring (bicyclic) bond motifs is 1. The number of H-pyrrole nitrogens is 1. The van der Waals surface area contributed by atoms with Gasteiger partial charge in [-0.2, -0.15) is 0 Å². The number of aromatic amines is 1. The molecule has 0 atom stereocenters. The minimum absolute atomic E-state index is 0.320. The van der Waals surface area contributed by atoms with Crippen LogP contribution in [0.25, 0.3) is 0 Å². The van der Waals surface area contributed by atoms with Crippen LogP contribution in [0, 0.1) is 5.41 Å². The molecule has 2 aromatic rings. The monoisotopic (exact) mass is 255 g/mol. The molecule has 0 saturated carbocycles. The van der Waals surface area contributed by atoms with Gasteiger partial charge in [-0.3, -0.25) is 4.90 Å². The summed E-state index contributed by atoms with van der Waals surface area (Å²) in [4.78, 5) is 9.87. The molecule has 1 spiro atoms. The van der Waals surface area contributed by atoms with Crippen molar-refractivity contribution < 1.29 is 4.74 Å². The van der Waals surface area contributed by atoms with Crippen molar-refractivity contribution in [2.45, 2.75) is 13.0 Å². The molecule has 0 aliphatic carbocycles. The van der Waals surface area contributed by atoms with Crippen LogP contribution in [0.5, 0.6) is 5.75 Å². The molecule has 2 aliphatic rings. The molecule has 4 rings (SSSR count). The zero-order valence-corrected chi connectivity index (χ0v) is 10.8. The molecule has 1 fully saturated rings. The molecular weight excluding hydrogens is 238 g/mol. The molecule has 0 amide bonds. The van der Waals surface area contributed by atoms with Crippen LogP contribution in [0.4, 0.5) is 0 Å². The molecule has 3 heterocycles. The lowest BCUT2D eigenvalue weighted by Gasteiger charge is -2.51. The predicted molar refractivity (Wildman–Crippen MR) is 71.9 cm³/mol. The van der Waals surface area contributed by atoms with Crippen molar-refractivity contribution in [3.05, 3.63) is 48.0 Å². The summed E-state index contributed by atoms with van der Waals surface area (Å²) in [6.07, 6.45) is 4.83. The van der Waals surface area contributed by atoms with E-state index in [4.69, 9.17) is 4.74 Å². The zero-order chi connectivity index (χ0) is 12.7. The average molecular weight is 255 g/mol. The maximum absolute atomic E-state index is 5.91. The van der Waals surface area contributed by atoms with Crippen LogP contribution in [-0.4, -0.2) is 34.6 Å². The van der Waals surface area contributed by atoms with Crippen LogP contribution < -0.4 is 4.74 Å². The van der Waals surface area contributed by atoms with Gasteiger partial charge in [0.2, 0.25) is 0 Å². The van der Waals surface area contributed by atoms with Gasteiger partial charge in [-0.05, 0) is 18.1 Å². The Bertz CT molecular complexity index is 573. The lowest BCUT2D eigenvalue weighted by molar-refractivity contribution is -0.0489. The van der Waals surface area contributed by atoms with Crippen LogP contribution in [0.15, 0.2) is 36.7 Å². The Balaban J connectivity index is 1.43. The maximum atomic E-state index is 5.91. The second-order valence-corrected chi connectivity index (χ2v) is 5.75. The number of rotatable bonds is 2. The number of benzene rings is 1. The van der Waals surface area contributed by atoms with Gasteiger partial charge < -0.3 is 9.72 Å². The Hall–Kier alpha value is -1.81. The van der Waals surface area contributed by atoms with E-state index in [2.05, 4.69) is 33.1 Å². The number of ether oxygens (including phenoxy) is 1. The van der Waals surface area contributed by atoms with Crippen molar-refractivity contribution >= 4 is 0 Å². The first-order valence-corrected chi connectivity index (χ1v) is 6.74. The van der Waals surface area contributed by atoms with Gasteiger partial charge in [-0.15, -0.1) is 0 Å². The number of aromatic nitrogens is 2. The van der Waals surface area contributed by atoms with Crippen LogP contribution in [-0.2, 0) is 13.0 Å². The van der Waals surface area contributed by atoms with Gasteiger partial charge in [0.25, 0.3) is 0 Å². The molecule has 2 aliphatic heterocycles. The largest absolute Gasteiger partial charge is 0.493 e. The third-order valence-electron chi connectivity index (χ3n) is 4.12. The molecule has 4 nitrogen and oxygen atoms in total. The van der Waals surface area contributed by atoms with E-state index in [0.717, 1.165) is 44.2 Å². The molecule has 0 unspecified atom stereocenters. The molecule has 98 valence electrons. The van der Waals surface area contributed by atoms with Gasteiger partial charge in [0.05, 0.1) is 13.2 Å². The zero-order valence-electron chi connectivity index (χ0n) is 10.8. The van der Waals surface area contributed by atoms with Crippen LogP contribution in [0.1, 0.15) is 11.4 Å². The molecule has 1 saturated heterocycles. The van der Waals surface area contributed by atoms with Crippen molar-refractivity contribution in [2.75, 3.05) is 19.7 Å². The second kappa shape index (κ2) is 4.10. The first kappa shape index (κ1) is 11.1. The molecule has 1 N–H and O–H groups in total. The van der Waals surface area contributed by atoms with Crippen molar-refractivity contribution in [1.29, 1.82) is 0 Å². The number of likely N-dealkylation sites (tertiary alicyclic amines) is 1. The fourth-order valence-corrected chi connectivity index (χ4v) is 3.29. The summed E-state index contributed by atoms with van der Waals surface area (Å²) in [6, 6.07) is 8.40. The predicted octanol–water partition coefficient (Wildman–Crippen LogP) is 1.85. The average Bonchev–Trinajstić information content (AvgIpc) is 2.90. The van der Waals surface area contributed by atoms with Crippen molar-refractivity contribution in [2.24, 2.45) is 5.41 Å². The summed E-state index contributed by atoms with van der Waals surface area (Å²) in [6.45, 7) is 3.96. The van der Waals surface area contributed by atoms with E-state index in [0.29, 0.717) is 5.41 Å². The van der Waals surface area contributed by atoms with Crippen LogP contribution in [0.2, 0.25) is 0 Å². The highest BCUT2D eigenvalue weighted by molar-refractivity contribution is 5.36. The van der Waals surface area contributed by atoms with E-state index in [-0.39, 0.29) is 0 Å². The third-order valence-corrected chi connectivity index (χ3v) is 4.12. The summed E-state index contributed by atoms with van der Waals surface area (Å²) >= 11 is 0. The third kappa shape index (κ3) is 1.92. The van der Waals surface area contributed by atoms with Gasteiger partial charge in [0, 0.05) is 30.9 Å². The number of nitrogens with zero attached hydrogens (tertiary/aromatic N) is 2. The van der Waals surface area contributed by atoms with E-state index >= 15 is 0 Å². The van der Waals surface area contributed by atoms with Crippen molar-refractivity contribution in [1.82, 2.24) is 14.9 Å². The summed E-state index contributed by atoms with van der Waals surface area (Å²) in [7, 11) is 0. The minimum Gasteiger partial charge on any atom is -0.493 e. The fraction of sp³-hybridized carbons (Fsp3) is 0.400.